The van der Waals surface area contributed by atoms with Gasteiger partial charge in [0.2, 0.25) is 5.88 Å². The number of guanidine groups is 1. The van der Waals surface area contributed by atoms with Crippen LogP contribution in [0.4, 0.5) is 0 Å². The van der Waals surface area contributed by atoms with Gasteiger partial charge in [-0.3, -0.25) is 4.99 Å². The van der Waals surface area contributed by atoms with E-state index >= 15 is 0 Å². The smallest absolute Gasteiger partial charge is 0.224 e. The number of halogens is 1. The van der Waals surface area contributed by atoms with Gasteiger partial charge < -0.3 is 20.1 Å². The van der Waals surface area contributed by atoms with Crippen LogP contribution in [0, 0.1) is 0 Å². The number of hydrogen-bond donors (Lipinski definition) is 2. The summed E-state index contributed by atoms with van der Waals surface area (Å²) in [7, 11) is 1.72. The summed E-state index contributed by atoms with van der Waals surface area (Å²) in [6, 6.07) is 11.4. The third-order valence-corrected chi connectivity index (χ3v) is 3.44. The van der Waals surface area contributed by atoms with E-state index in [1.165, 1.54) is 0 Å². The van der Waals surface area contributed by atoms with Gasteiger partial charge in [-0.25, -0.2) is 4.98 Å². The third kappa shape index (κ3) is 7.86. The zero-order valence-electron chi connectivity index (χ0n) is 15.8. The van der Waals surface area contributed by atoms with E-state index < -0.39 is 0 Å². The van der Waals surface area contributed by atoms with E-state index in [1.54, 1.807) is 19.3 Å². The van der Waals surface area contributed by atoms with E-state index in [4.69, 9.17) is 9.47 Å². The maximum Gasteiger partial charge on any atom is 0.224 e. The maximum atomic E-state index is 5.93. The highest BCUT2D eigenvalue weighted by Gasteiger charge is 2.07. The largest absolute Gasteiger partial charge is 0.494 e. The minimum absolute atomic E-state index is 0. The van der Waals surface area contributed by atoms with Crippen molar-refractivity contribution in [3.63, 3.8) is 0 Å². The van der Waals surface area contributed by atoms with Crippen molar-refractivity contribution in [1.82, 2.24) is 15.6 Å². The highest BCUT2D eigenvalue weighted by atomic mass is 127. The van der Waals surface area contributed by atoms with Crippen LogP contribution >= 0.6 is 24.0 Å². The first-order valence-electron chi connectivity index (χ1n) is 8.66. The minimum Gasteiger partial charge on any atom is -0.494 e. The second-order valence-electron chi connectivity index (χ2n) is 5.48. The summed E-state index contributed by atoms with van der Waals surface area (Å²) in [6.07, 6.45) is 4.47. The van der Waals surface area contributed by atoms with E-state index in [2.05, 4.69) is 34.1 Å². The first-order valence-corrected chi connectivity index (χ1v) is 8.66. The van der Waals surface area contributed by atoms with E-state index in [9.17, 15) is 0 Å². The molecule has 0 aliphatic rings. The molecule has 146 valence electrons. The van der Waals surface area contributed by atoms with Gasteiger partial charge in [-0.2, -0.15) is 0 Å². The molecule has 1 heterocycles. The predicted octanol–water partition coefficient (Wildman–Crippen LogP) is 4.13. The Morgan fingerprint density at radius 1 is 1.19 bits per heavy atom. The molecule has 0 atom stereocenters. The third-order valence-electron chi connectivity index (χ3n) is 3.44. The summed E-state index contributed by atoms with van der Waals surface area (Å²) in [5.41, 5.74) is 0.931. The number of aromatic nitrogens is 1. The normalized spacial score (nSPS) is 10.5. The zero-order valence-corrected chi connectivity index (χ0v) is 18.1. The van der Waals surface area contributed by atoms with Crippen LogP contribution in [0.5, 0.6) is 17.4 Å². The molecule has 0 spiro atoms. The van der Waals surface area contributed by atoms with Crippen LogP contribution in [0.2, 0.25) is 0 Å². The average Bonchev–Trinajstić information content (AvgIpc) is 2.68. The summed E-state index contributed by atoms with van der Waals surface area (Å²) in [6.45, 7) is 7.65. The second-order valence-corrected chi connectivity index (χ2v) is 5.48. The van der Waals surface area contributed by atoms with Gasteiger partial charge >= 0.3 is 0 Å². The quantitative estimate of drug-likeness (QED) is 0.244. The Kier molecular flexibility index (Phi) is 10.9. The van der Waals surface area contributed by atoms with Crippen LogP contribution in [-0.2, 0) is 6.54 Å². The highest BCUT2D eigenvalue weighted by Crippen LogP contribution is 2.25. The number of pyridine rings is 1. The molecule has 0 bridgehead atoms. The van der Waals surface area contributed by atoms with Crippen LogP contribution < -0.4 is 20.1 Å². The molecule has 2 aromatic rings. The van der Waals surface area contributed by atoms with Crippen LogP contribution in [0.3, 0.4) is 0 Å². The molecule has 0 amide bonds. The van der Waals surface area contributed by atoms with Crippen molar-refractivity contribution in [3.05, 3.63) is 60.8 Å². The fourth-order valence-electron chi connectivity index (χ4n) is 2.15. The number of ether oxygens (including phenoxy) is 2. The lowest BCUT2D eigenvalue weighted by Gasteiger charge is -2.13. The summed E-state index contributed by atoms with van der Waals surface area (Å²) in [5, 5.41) is 6.36. The topological polar surface area (TPSA) is 67.8 Å². The van der Waals surface area contributed by atoms with E-state index in [-0.39, 0.29) is 24.0 Å². The summed E-state index contributed by atoms with van der Waals surface area (Å²) in [4.78, 5) is 8.50. The van der Waals surface area contributed by atoms with E-state index in [0.29, 0.717) is 37.3 Å². The number of rotatable bonds is 9. The van der Waals surface area contributed by atoms with Gasteiger partial charge in [0.15, 0.2) is 5.96 Å². The molecule has 0 fully saturated rings. The van der Waals surface area contributed by atoms with E-state index in [1.807, 2.05) is 36.4 Å². The van der Waals surface area contributed by atoms with Gasteiger partial charge in [-0.1, -0.05) is 19.1 Å². The second kappa shape index (κ2) is 13.0. The molecule has 1 aromatic heterocycles. The van der Waals surface area contributed by atoms with Gasteiger partial charge in [0.05, 0.1) is 6.61 Å². The van der Waals surface area contributed by atoms with Gasteiger partial charge in [0, 0.05) is 31.9 Å². The monoisotopic (exact) mass is 482 g/mol. The van der Waals surface area contributed by atoms with Crippen molar-refractivity contribution < 1.29 is 9.47 Å². The molecule has 2 rings (SSSR count). The fraction of sp³-hybridized carbons (Fsp3) is 0.300. The van der Waals surface area contributed by atoms with Gasteiger partial charge in [-0.15, -0.1) is 30.6 Å². The van der Waals surface area contributed by atoms with E-state index in [0.717, 1.165) is 17.7 Å². The van der Waals surface area contributed by atoms with Crippen LogP contribution in [0.25, 0.3) is 0 Å². The molecule has 0 unspecified atom stereocenters. The number of benzene rings is 1. The molecule has 0 radical (unpaired) electrons. The number of nitrogens with one attached hydrogen (secondary N) is 2. The standard InChI is InChI=1S/C20H26N4O2.HI/c1-4-12-23-20(21-3)24-15-16-7-6-13-22-19(16)26-18-10-8-17(9-11-18)25-14-5-2;/h4,6-11,13H,1,5,12,14-15H2,2-3H3,(H2,21,23,24);1H. The Morgan fingerprint density at radius 3 is 2.59 bits per heavy atom. The average molecular weight is 482 g/mol. The Morgan fingerprint density at radius 2 is 1.93 bits per heavy atom. The molecular weight excluding hydrogens is 455 g/mol. The summed E-state index contributed by atoms with van der Waals surface area (Å²) >= 11 is 0. The zero-order chi connectivity index (χ0) is 18.6. The molecule has 0 saturated carbocycles. The lowest BCUT2D eigenvalue weighted by molar-refractivity contribution is 0.317. The molecular formula is C20H27IN4O2. The summed E-state index contributed by atoms with van der Waals surface area (Å²) in [5.74, 6) is 2.79. The Hall–Kier alpha value is -2.29. The Bertz CT molecular complexity index is 720. The predicted molar refractivity (Wildman–Crippen MR) is 120 cm³/mol. The van der Waals surface area contributed by atoms with Gasteiger partial charge in [0.1, 0.15) is 11.5 Å². The van der Waals surface area contributed by atoms with Crippen LogP contribution in [0.1, 0.15) is 18.9 Å². The fourth-order valence-corrected chi connectivity index (χ4v) is 2.15. The summed E-state index contributed by atoms with van der Waals surface area (Å²) < 4.78 is 11.5. The molecule has 2 N–H and O–H groups in total. The van der Waals surface area contributed by atoms with Crippen molar-refractivity contribution in [2.24, 2.45) is 4.99 Å². The van der Waals surface area contributed by atoms with Crippen molar-refractivity contribution >= 4 is 29.9 Å². The minimum atomic E-state index is 0. The molecule has 0 saturated heterocycles. The molecule has 27 heavy (non-hydrogen) atoms. The molecule has 0 aliphatic carbocycles. The lowest BCUT2D eigenvalue weighted by Crippen LogP contribution is -2.36. The van der Waals surface area contributed by atoms with Crippen molar-refractivity contribution in [2.75, 3.05) is 20.2 Å². The van der Waals surface area contributed by atoms with Crippen molar-refractivity contribution in [3.8, 4) is 17.4 Å². The lowest BCUT2D eigenvalue weighted by atomic mass is 10.2. The number of aliphatic imine (C=N–C) groups is 1. The molecule has 0 aliphatic heterocycles. The van der Waals surface area contributed by atoms with Gasteiger partial charge in [0.25, 0.3) is 0 Å². The van der Waals surface area contributed by atoms with Crippen LogP contribution in [0.15, 0.2) is 60.2 Å². The molecule has 6 nitrogen and oxygen atoms in total. The van der Waals surface area contributed by atoms with Crippen LogP contribution in [-0.4, -0.2) is 31.1 Å². The number of nitrogens with zero attached hydrogens (tertiary/aromatic N) is 2. The number of hydrogen-bond acceptors (Lipinski definition) is 4. The SMILES string of the molecule is C=CCNC(=NC)NCc1cccnc1Oc1ccc(OCCC)cc1.I. The maximum absolute atomic E-state index is 5.93. The molecule has 7 heteroatoms. The first kappa shape index (κ1) is 22.8. The van der Waals surface area contributed by atoms with Gasteiger partial charge in [-0.05, 0) is 36.8 Å². The van der Waals surface area contributed by atoms with Crippen molar-refractivity contribution in [1.29, 1.82) is 0 Å². The molecule has 1 aromatic carbocycles. The Labute approximate surface area is 178 Å². The first-order chi connectivity index (χ1) is 12.8. The van der Waals surface area contributed by atoms with Crippen molar-refractivity contribution in [2.45, 2.75) is 19.9 Å². The Balaban J connectivity index is 0.00000364. The highest BCUT2D eigenvalue weighted by molar-refractivity contribution is 14.0.